The van der Waals surface area contributed by atoms with E-state index in [0.29, 0.717) is 16.3 Å². The number of hydrazine groups is 1. The van der Waals surface area contributed by atoms with Gasteiger partial charge in [-0.05, 0) is 71.1 Å². The van der Waals surface area contributed by atoms with Crippen molar-refractivity contribution < 1.29 is 14.4 Å². The number of halogens is 2. The van der Waals surface area contributed by atoms with Gasteiger partial charge in [-0.2, -0.15) is 0 Å². The molecule has 0 aliphatic carbocycles. The molecule has 1 atom stereocenters. The van der Waals surface area contributed by atoms with Crippen LogP contribution in [0.3, 0.4) is 0 Å². The van der Waals surface area contributed by atoms with E-state index in [4.69, 9.17) is 11.6 Å². The minimum Gasteiger partial charge on any atom is -0.287 e. The van der Waals surface area contributed by atoms with Crippen molar-refractivity contribution in [2.45, 2.75) is 12.5 Å². The summed E-state index contributed by atoms with van der Waals surface area (Å²) in [4.78, 5) is 37.8. The number of nitrogens with zero attached hydrogens (tertiary/aromatic N) is 1. The quantitative estimate of drug-likeness (QED) is 0.410. The molecule has 25 heavy (non-hydrogen) atoms. The third-order valence-electron chi connectivity index (χ3n) is 3.70. The molecule has 0 spiro atoms. The summed E-state index contributed by atoms with van der Waals surface area (Å²) >= 11 is 7.97. The van der Waals surface area contributed by atoms with Gasteiger partial charge in [0.1, 0.15) is 6.04 Å². The second kappa shape index (κ2) is 7.51. The van der Waals surface area contributed by atoms with E-state index in [1.807, 2.05) is 12.1 Å². The zero-order chi connectivity index (χ0) is 18.0. The van der Waals surface area contributed by atoms with Crippen molar-refractivity contribution in [2.24, 2.45) is 0 Å². The Morgan fingerprint density at radius 3 is 2.36 bits per heavy atom. The number of hydrogen-bond donors (Lipinski definition) is 2. The number of benzene rings is 2. The molecule has 1 saturated heterocycles. The standard InChI is InChI=1S/C17H13ClIN3O3/c18-11-3-7-13(8-4-11)22-15(23)9-14(17(22)25)20-21-16(24)10-1-5-12(19)6-2-10/h1-8,14,20H,9H2,(H,21,24). The van der Waals surface area contributed by atoms with Crippen LogP contribution in [0.4, 0.5) is 5.69 Å². The summed E-state index contributed by atoms with van der Waals surface area (Å²) in [6.45, 7) is 0. The van der Waals surface area contributed by atoms with E-state index in [1.165, 1.54) is 0 Å². The lowest BCUT2D eigenvalue weighted by atomic mass is 10.2. The van der Waals surface area contributed by atoms with Crippen molar-refractivity contribution in [1.29, 1.82) is 0 Å². The molecule has 1 fully saturated rings. The molecule has 1 unspecified atom stereocenters. The molecule has 1 aliphatic rings. The molecule has 0 aromatic heterocycles. The van der Waals surface area contributed by atoms with Crippen LogP contribution in [0, 0.1) is 3.57 Å². The fourth-order valence-electron chi connectivity index (χ4n) is 2.43. The second-order valence-electron chi connectivity index (χ2n) is 5.41. The van der Waals surface area contributed by atoms with Crippen LogP contribution in [0.1, 0.15) is 16.8 Å². The Morgan fingerprint density at radius 1 is 1.08 bits per heavy atom. The molecule has 0 saturated carbocycles. The summed E-state index contributed by atoms with van der Waals surface area (Å²) in [6.07, 6.45) is -0.0333. The summed E-state index contributed by atoms with van der Waals surface area (Å²) in [7, 11) is 0. The Bertz CT molecular complexity index is 824. The molecule has 6 nitrogen and oxygen atoms in total. The third kappa shape index (κ3) is 4.00. The number of rotatable bonds is 4. The minimum atomic E-state index is -0.809. The Kier molecular flexibility index (Phi) is 5.36. The number of amides is 3. The van der Waals surface area contributed by atoms with E-state index in [2.05, 4.69) is 33.4 Å². The fraction of sp³-hybridized carbons (Fsp3) is 0.118. The van der Waals surface area contributed by atoms with Crippen LogP contribution in [-0.2, 0) is 9.59 Å². The van der Waals surface area contributed by atoms with Crippen LogP contribution >= 0.6 is 34.2 Å². The number of carbonyl (C=O) groups is 3. The van der Waals surface area contributed by atoms with Gasteiger partial charge in [0.15, 0.2) is 0 Å². The van der Waals surface area contributed by atoms with Gasteiger partial charge >= 0.3 is 0 Å². The molecule has 128 valence electrons. The highest BCUT2D eigenvalue weighted by molar-refractivity contribution is 14.1. The van der Waals surface area contributed by atoms with Gasteiger partial charge in [0.05, 0.1) is 12.1 Å². The fourth-order valence-corrected chi connectivity index (χ4v) is 2.92. The first-order chi connectivity index (χ1) is 12.0. The smallest absolute Gasteiger partial charge is 0.265 e. The number of hydrogen-bond acceptors (Lipinski definition) is 4. The second-order valence-corrected chi connectivity index (χ2v) is 7.09. The zero-order valence-electron chi connectivity index (χ0n) is 12.8. The molecule has 0 bridgehead atoms. The molecule has 1 aliphatic heterocycles. The molecular formula is C17H13ClIN3O3. The van der Waals surface area contributed by atoms with Gasteiger partial charge in [0.25, 0.3) is 11.8 Å². The first kappa shape index (κ1) is 17.8. The molecule has 3 rings (SSSR count). The molecule has 3 amide bonds. The maximum atomic E-state index is 12.5. The lowest BCUT2D eigenvalue weighted by molar-refractivity contribution is -0.121. The van der Waals surface area contributed by atoms with Gasteiger partial charge in [-0.3, -0.25) is 19.8 Å². The summed E-state index contributed by atoms with van der Waals surface area (Å²) in [6, 6.07) is 12.6. The normalized spacial score (nSPS) is 17.0. The van der Waals surface area contributed by atoms with E-state index >= 15 is 0 Å². The summed E-state index contributed by atoms with van der Waals surface area (Å²) in [5.74, 6) is -1.13. The Hall–Kier alpha value is -1.97. The molecule has 2 aromatic rings. The molecule has 1 heterocycles. The number of imide groups is 1. The van der Waals surface area contributed by atoms with Crippen molar-refractivity contribution in [1.82, 2.24) is 10.9 Å². The first-order valence-electron chi connectivity index (χ1n) is 7.39. The van der Waals surface area contributed by atoms with Gasteiger partial charge in [0.2, 0.25) is 5.91 Å². The highest BCUT2D eigenvalue weighted by Crippen LogP contribution is 2.24. The molecule has 0 radical (unpaired) electrons. The molecular weight excluding hydrogens is 457 g/mol. The number of anilines is 1. The highest BCUT2D eigenvalue weighted by Gasteiger charge is 2.39. The Balaban J connectivity index is 1.65. The lowest BCUT2D eigenvalue weighted by Gasteiger charge is -2.16. The van der Waals surface area contributed by atoms with Crippen molar-refractivity contribution >= 4 is 57.6 Å². The largest absolute Gasteiger partial charge is 0.287 e. The lowest BCUT2D eigenvalue weighted by Crippen LogP contribution is -2.48. The minimum absolute atomic E-state index is 0.0333. The SMILES string of the molecule is O=C(NNC1CC(=O)N(c2ccc(Cl)cc2)C1=O)c1ccc(I)cc1. The molecule has 8 heteroatoms. The molecule has 2 N–H and O–H groups in total. The highest BCUT2D eigenvalue weighted by atomic mass is 127. The Labute approximate surface area is 162 Å². The first-order valence-corrected chi connectivity index (χ1v) is 8.85. The van der Waals surface area contributed by atoms with Crippen LogP contribution in [0.5, 0.6) is 0 Å². The molecule has 2 aromatic carbocycles. The van der Waals surface area contributed by atoms with Crippen molar-refractivity contribution in [3.8, 4) is 0 Å². The van der Waals surface area contributed by atoms with Gasteiger partial charge in [-0.25, -0.2) is 10.3 Å². The number of carbonyl (C=O) groups excluding carboxylic acids is 3. The zero-order valence-corrected chi connectivity index (χ0v) is 15.7. The van der Waals surface area contributed by atoms with Crippen molar-refractivity contribution in [3.05, 3.63) is 62.7 Å². The van der Waals surface area contributed by atoms with E-state index < -0.39 is 11.9 Å². The average molecular weight is 470 g/mol. The maximum absolute atomic E-state index is 12.5. The van der Waals surface area contributed by atoms with E-state index in [-0.39, 0.29) is 18.2 Å². The third-order valence-corrected chi connectivity index (χ3v) is 4.67. The predicted octanol–water partition coefficient (Wildman–Crippen LogP) is 2.51. The summed E-state index contributed by atoms with van der Waals surface area (Å²) in [5, 5.41) is 0.516. The van der Waals surface area contributed by atoms with E-state index in [9.17, 15) is 14.4 Å². The van der Waals surface area contributed by atoms with Gasteiger partial charge in [-0.1, -0.05) is 11.6 Å². The van der Waals surface area contributed by atoms with Gasteiger partial charge in [0, 0.05) is 14.2 Å². The monoisotopic (exact) mass is 469 g/mol. The van der Waals surface area contributed by atoms with Gasteiger partial charge < -0.3 is 0 Å². The summed E-state index contributed by atoms with van der Waals surface area (Å²) < 4.78 is 1.01. The van der Waals surface area contributed by atoms with E-state index in [0.717, 1.165) is 8.47 Å². The van der Waals surface area contributed by atoms with Crippen LogP contribution in [-0.4, -0.2) is 23.8 Å². The summed E-state index contributed by atoms with van der Waals surface area (Å²) in [5.41, 5.74) is 6.04. The van der Waals surface area contributed by atoms with Crippen LogP contribution in [0.25, 0.3) is 0 Å². The van der Waals surface area contributed by atoms with Crippen LogP contribution in [0.2, 0.25) is 5.02 Å². The Morgan fingerprint density at radius 2 is 1.72 bits per heavy atom. The van der Waals surface area contributed by atoms with Crippen LogP contribution in [0.15, 0.2) is 48.5 Å². The number of nitrogens with one attached hydrogen (secondary N) is 2. The topological polar surface area (TPSA) is 78.5 Å². The van der Waals surface area contributed by atoms with Crippen LogP contribution < -0.4 is 15.8 Å². The maximum Gasteiger partial charge on any atom is 0.265 e. The van der Waals surface area contributed by atoms with Crippen molar-refractivity contribution in [2.75, 3.05) is 4.90 Å². The van der Waals surface area contributed by atoms with Crippen molar-refractivity contribution in [3.63, 3.8) is 0 Å². The van der Waals surface area contributed by atoms with E-state index in [1.54, 1.807) is 36.4 Å². The predicted molar refractivity (Wildman–Crippen MR) is 102 cm³/mol. The van der Waals surface area contributed by atoms with Gasteiger partial charge in [-0.15, -0.1) is 0 Å². The average Bonchev–Trinajstić information content (AvgIpc) is 2.88.